The SMILES string of the molecule is O=C1CC(c2ccccc2)Oc2ccccc21.O=C1CC(c2ccccc2)Oc2ccccc21.O=c1cc(-c2ccccc2)oc2ccccc12. The number of rotatable bonds is 3. The molecule has 2 unspecified atom stereocenters. The largest absolute Gasteiger partial charge is 0.484 e. The average molecular weight is 671 g/mol. The number of benzene rings is 6. The number of ketones is 2. The van der Waals surface area contributed by atoms with Crippen LogP contribution in [0.5, 0.6) is 11.5 Å². The van der Waals surface area contributed by atoms with Crippen LogP contribution in [-0.2, 0) is 0 Å². The lowest BCUT2D eigenvalue weighted by Crippen LogP contribution is -2.20. The lowest BCUT2D eigenvalue weighted by molar-refractivity contribution is 0.0840. The van der Waals surface area contributed by atoms with Crippen molar-refractivity contribution in [3.63, 3.8) is 0 Å². The molecule has 0 aliphatic carbocycles. The standard InChI is InChI=1S/2C15H12O2.C15H10O2/c3*16-13-10-15(11-6-2-1-3-7-11)17-14-9-5-4-8-12(13)14/h2*1-9,15H,10H2;1-10H. The molecule has 2 atom stereocenters. The highest BCUT2D eigenvalue weighted by molar-refractivity contribution is 6.00. The highest BCUT2D eigenvalue weighted by atomic mass is 16.5. The topological polar surface area (TPSA) is 82.8 Å². The number of fused-ring (bicyclic) bond motifs is 3. The summed E-state index contributed by atoms with van der Waals surface area (Å²) in [5.74, 6) is 2.30. The highest BCUT2D eigenvalue weighted by Gasteiger charge is 2.28. The van der Waals surface area contributed by atoms with E-state index in [1.165, 1.54) is 6.07 Å². The molecular weight excluding hydrogens is 636 g/mol. The lowest BCUT2D eigenvalue weighted by atomic mass is 9.96. The molecule has 7 aromatic rings. The van der Waals surface area contributed by atoms with E-state index in [1.54, 1.807) is 6.07 Å². The van der Waals surface area contributed by atoms with Gasteiger partial charge in [-0.2, -0.15) is 0 Å². The summed E-state index contributed by atoms with van der Waals surface area (Å²) in [5, 5.41) is 0.618. The molecule has 0 amide bonds. The monoisotopic (exact) mass is 670 g/mol. The minimum absolute atomic E-state index is 0.00861. The molecule has 9 rings (SSSR count). The molecule has 6 aromatic carbocycles. The zero-order valence-corrected chi connectivity index (χ0v) is 27.7. The van der Waals surface area contributed by atoms with Gasteiger partial charge in [0.05, 0.1) is 29.4 Å². The summed E-state index contributed by atoms with van der Waals surface area (Å²) in [5.41, 5.74) is 5.02. The van der Waals surface area contributed by atoms with Gasteiger partial charge in [-0.15, -0.1) is 0 Å². The van der Waals surface area contributed by atoms with Crippen molar-refractivity contribution in [1.82, 2.24) is 0 Å². The summed E-state index contributed by atoms with van der Waals surface area (Å²) in [4.78, 5) is 35.9. The first-order chi connectivity index (χ1) is 25.0. The number of carbonyl (C=O) groups is 2. The maximum absolute atomic E-state index is 12.0. The number of carbonyl (C=O) groups excluding carboxylic acids is 2. The van der Waals surface area contributed by atoms with Crippen molar-refractivity contribution in [2.24, 2.45) is 0 Å². The van der Waals surface area contributed by atoms with Crippen LogP contribution < -0.4 is 14.9 Å². The van der Waals surface area contributed by atoms with E-state index in [2.05, 4.69) is 0 Å². The molecule has 0 saturated carbocycles. The number of Topliss-reactive ketones (excluding diaryl/α,β-unsaturated/α-hetero) is 2. The first-order valence-corrected chi connectivity index (χ1v) is 16.8. The van der Waals surface area contributed by atoms with E-state index in [0.29, 0.717) is 52.2 Å². The van der Waals surface area contributed by atoms with Crippen LogP contribution >= 0.6 is 0 Å². The van der Waals surface area contributed by atoms with Crippen molar-refractivity contribution in [2.45, 2.75) is 25.0 Å². The second-order valence-electron chi connectivity index (χ2n) is 12.1. The summed E-state index contributed by atoms with van der Waals surface area (Å²) >= 11 is 0. The summed E-state index contributed by atoms with van der Waals surface area (Å²) in [6.45, 7) is 0. The molecule has 1 aromatic heterocycles. The minimum atomic E-state index is -0.154. The maximum atomic E-state index is 12.0. The maximum Gasteiger partial charge on any atom is 0.193 e. The van der Waals surface area contributed by atoms with Gasteiger partial charge >= 0.3 is 0 Å². The minimum Gasteiger partial charge on any atom is -0.484 e. The fourth-order valence-corrected chi connectivity index (χ4v) is 6.10. The van der Waals surface area contributed by atoms with E-state index in [1.807, 2.05) is 158 Å². The van der Waals surface area contributed by atoms with Crippen LogP contribution in [0.15, 0.2) is 179 Å². The van der Waals surface area contributed by atoms with E-state index in [9.17, 15) is 14.4 Å². The molecule has 2 aliphatic rings. The third-order valence-electron chi connectivity index (χ3n) is 8.69. The van der Waals surface area contributed by atoms with Gasteiger partial charge in [0.2, 0.25) is 0 Å². The molecule has 51 heavy (non-hydrogen) atoms. The molecule has 6 nitrogen and oxygen atoms in total. The molecule has 3 heterocycles. The first-order valence-electron chi connectivity index (χ1n) is 16.8. The molecule has 2 aliphatic heterocycles. The third-order valence-corrected chi connectivity index (χ3v) is 8.69. The first kappa shape index (κ1) is 33.0. The third kappa shape index (κ3) is 7.71. The number of hydrogen-bond donors (Lipinski definition) is 0. The smallest absolute Gasteiger partial charge is 0.193 e. The van der Waals surface area contributed by atoms with Gasteiger partial charge in [0, 0.05) is 11.6 Å². The number of ether oxygens (including phenoxy) is 2. The van der Waals surface area contributed by atoms with Crippen molar-refractivity contribution in [1.29, 1.82) is 0 Å². The zero-order valence-electron chi connectivity index (χ0n) is 27.7. The van der Waals surface area contributed by atoms with Crippen LogP contribution in [0.3, 0.4) is 0 Å². The molecule has 0 N–H and O–H groups in total. The van der Waals surface area contributed by atoms with Crippen LogP contribution in [0.1, 0.15) is 56.9 Å². The van der Waals surface area contributed by atoms with Crippen LogP contribution in [-0.4, -0.2) is 11.6 Å². The molecular formula is C45H34O6. The molecule has 6 heteroatoms. The lowest BCUT2D eigenvalue weighted by Gasteiger charge is -2.25. The Kier molecular flexibility index (Phi) is 9.93. The highest BCUT2D eigenvalue weighted by Crippen LogP contribution is 2.35. The van der Waals surface area contributed by atoms with Crippen LogP contribution in [0.25, 0.3) is 22.3 Å². The van der Waals surface area contributed by atoms with Gasteiger partial charge in [0.15, 0.2) is 17.0 Å². The average Bonchev–Trinajstić information content (AvgIpc) is 3.19. The van der Waals surface area contributed by atoms with E-state index in [4.69, 9.17) is 13.9 Å². The fourth-order valence-electron chi connectivity index (χ4n) is 6.10. The van der Waals surface area contributed by atoms with Crippen LogP contribution in [0, 0.1) is 0 Å². The van der Waals surface area contributed by atoms with Crippen molar-refractivity contribution in [2.75, 3.05) is 0 Å². The van der Waals surface area contributed by atoms with Gasteiger partial charge in [-0.05, 0) is 47.5 Å². The van der Waals surface area contributed by atoms with Gasteiger partial charge in [-0.3, -0.25) is 14.4 Å². The number of para-hydroxylation sites is 3. The van der Waals surface area contributed by atoms with Crippen molar-refractivity contribution < 1.29 is 23.5 Å². The Bertz CT molecular complexity index is 2230. The Labute approximate surface area is 295 Å². The summed E-state index contributed by atoms with van der Waals surface area (Å²) in [6, 6.07) is 53.0. The van der Waals surface area contributed by atoms with Gasteiger partial charge < -0.3 is 13.9 Å². The summed E-state index contributed by atoms with van der Waals surface area (Å²) in [6.07, 6.45) is 0.527. The van der Waals surface area contributed by atoms with Crippen molar-refractivity contribution in [3.8, 4) is 22.8 Å². The second kappa shape index (κ2) is 15.3. The predicted molar refractivity (Wildman–Crippen MR) is 198 cm³/mol. The summed E-state index contributed by atoms with van der Waals surface area (Å²) < 4.78 is 17.5. The molecule has 0 radical (unpaired) electrons. The predicted octanol–water partition coefficient (Wildman–Crippen LogP) is 10.2. The van der Waals surface area contributed by atoms with Crippen LogP contribution in [0.2, 0.25) is 0 Å². The molecule has 0 fully saturated rings. The molecule has 0 saturated heterocycles. The van der Waals surface area contributed by atoms with Crippen LogP contribution in [0.4, 0.5) is 0 Å². The molecule has 0 spiro atoms. The van der Waals surface area contributed by atoms with Gasteiger partial charge in [-0.25, -0.2) is 0 Å². The number of hydrogen-bond acceptors (Lipinski definition) is 6. The molecule has 250 valence electrons. The molecule has 0 bridgehead atoms. The van der Waals surface area contributed by atoms with E-state index in [-0.39, 0.29) is 29.2 Å². The zero-order chi connectivity index (χ0) is 35.0. The Morgan fingerprint density at radius 1 is 0.451 bits per heavy atom. The Hall–Kier alpha value is -6.53. The Morgan fingerprint density at radius 3 is 1.41 bits per heavy atom. The quantitative estimate of drug-likeness (QED) is 0.186. The summed E-state index contributed by atoms with van der Waals surface area (Å²) in [7, 11) is 0. The Morgan fingerprint density at radius 2 is 0.882 bits per heavy atom. The normalized spacial score (nSPS) is 15.8. The van der Waals surface area contributed by atoms with Gasteiger partial charge in [0.1, 0.15) is 35.1 Å². The second-order valence-corrected chi connectivity index (χ2v) is 12.1. The Balaban J connectivity index is 0.000000119. The van der Waals surface area contributed by atoms with Gasteiger partial charge in [0.25, 0.3) is 0 Å². The van der Waals surface area contributed by atoms with Gasteiger partial charge in [-0.1, -0.05) is 127 Å². The van der Waals surface area contributed by atoms with E-state index >= 15 is 0 Å². The van der Waals surface area contributed by atoms with E-state index in [0.717, 1.165) is 16.7 Å². The van der Waals surface area contributed by atoms with E-state index < -0.39 is 0 Å². The fraction of sp³-hybridized carbons (Fsp3) is 0.0889. The van der Waals surface area contributed by atoms with Crippen molar-refractivity contribution in [3.05, 3.63) is 202 Å². The van der Waals surface area contributed by atoms with Crippen molar-refractivity contribution >= 4 is 22.5 Å².